The minimum Gasteiger partial charge on any atom is -0.373 e. The van der Waals surface area contributed by atoms with Crippen LogP contribution < -0.4 is 10.6 Å². The molecular formula is C14H24N4. The number of rotatable bonds is 5. The Morgan fingerprint density at radius 1 is 1.28 bits per heavy atom. The van der Waals surface area contributed by atoms with Crippen molar-refractivity contribution >= 4 is 11.6 Å². The van der Waals surface area contributed by atoms with Gasteiger partial charge in [0.05, 0.1) is 0 Å². The smallest absolute Gasteiger partial charge is 0.135 e. The van der Waals surface area contributed by atoms with E-state index in [9.17, 15) is 0 Å². The third-order valence-corrected chi connectivity index (χ3v) is 3.72. The molecule has 1 heterocycles. The summed E-state index contributed by atoms with van der Waals surface area (Å²) in [5.74, 6) is 4.85. The Kier molecular flexibility index (Phi) is 3.73. The van der Waals surface area contributed by atoms with Gasteiger partial charge in [-0.05, 0) is 25.2 Å². The monoisotopic (exact) mass is 248 g/mol. The predicted octanol–water partition coefficient (Wildman–Crippen LogP) is 3.02. The fourth-order valence-corrected chi connectivity index (χ4v) is 2.12. The van der Waals surface area contributed by atoms with E-state index < -0.39 is 0 Å². The largest absolute Gasteiger partial charge is 0.373 e. The highest BCUT2D eigenvalue weighted by Gasteiger charge is 2.32. The van der Waals surface area contributed by atoms with Crippen LogP contribution in [0.5, 0.6) is 0 Å². The van der Waals surface area contributed by atoms with Crippen LogP contribution in [-0.4, -0.2) is 23.6 Å². The van der Waals surface area contributed by atoms with Crippen LogP contribution in [0.4, 0.5) is 11.6 Å². The summed E-state index contributed by atoms with van der Waals surface area (Å²) >= 11 is 0. The molecule has 1 fully saturated rings. The first-order valence-electron chi connectivity index (χ1n) is 6.83. The zero-order valence-corrected chi connectivity index (χ0v) is 12.0. The molecule has 1 aliphatic carbocycles. The molecular weight excluding hydrogens is 224 g/mol. The molecule has 18 heavy (non-hydrogen) atoms. The SMILES string of the molecule is CNc1nc(C(C)C)nc(NCC2CC2C)c1C. The second-order valence-corrected chi connectivity index (χ2v) is 5.66. The first-order chi connectivity index (χ1) is 8.52. The third kappa shape index (κ3) is 2.74. The second-order valence-electron chi connectivity index (χ2n) is 5.66. The fourth-order valence-electron chi connectivity index (χ4n) is 2.12. The normalized spacial score (nSPS) is 22.1. The van der Waals surface area contributed by atoms with Gasteiger partial charge in [-0.1, -0.05) is 20.8 Å². The van der Waals surface area contributed by atoms with Gasteiger partial charge in [0.25, 0.3) is 0 Å². The van der Waals surface area contributed by atoms with Crippen LogP contribution in [0.1, 0.15) is 44.5 Å². The van der Waals surface area contributed by atoms with Crippen molar-refractivity contribution < 1.29 is 0 Å². The molecule has 0 bridgehead atoms. The van der Waals surface area contributed by atoms with Crippen LogP contribution in [0.2, 0.25) is 0 Å². The topological polar surface area (TPSA) is 49.8 Å². The summed E-state index contributed by atoms with van der Waals surface area (Å²) in [4.78, 5) is 9.19. The third-order valence-electron chi connectivity index (χ3n) is 3.72. The summed E-state index contributed by atoms with van der Waals surface area (Å²) in [5, 5.41) is 6.64. The molecule has 1 aliphatic rings. The van der Waals surface area contributed by atoms with Crippen molar-refractivity contribution in [2.45, 2.75) is 40.0 Å². The summed E-state index contributed by atoms with van der Waals surface area (Å²) in [6, 6.07) is 0. The minimum atomic E-state index is 0.345. The molecule has 0 spiro atoms. The lowest BCUT2D eigenvalue weighted by Crippen LogP contribution is -2.12. The molecule has 1 aromatic heterocycles. The van der Waals surface area contributed by atoms with Crippen molar-refractivity contribution in [2.75, 3.05) is 24.2 Å². The van der Waals surface area contributed by atoms with Gasteiger partial charge in [-0.3, -0.25) is 0 Å². The Morgan fingerprint density at radius 3 is 2.39 bits per heavy atom. The Morgan fingerprint density at radius 2 is 1.89 bits per heavy atom. The van der Waals surface area contributed by atoms with Gasteiger partial charge in [0.15, 0.2) is 0 Å². The second kappa shape index (κ2) is 5.12. The van der Waals surface area contributed by atoms with Gasteiger partial charge in [-0.2, -0.15) is 0 Å². The van der Waals surface area contributed by atoms with Crippen LogP contribution in [0, 0.1) is 18.8 Å². The van der Waals surface area contributed by atoms with Crippen molar-refractivity contribution in [1.82, 2.24) is 9.97 Å². The van der Waals surface area contributed by atoms with E-state index in [4.69, 9.17) is 0 Å². The highest BCUT2D eigenvalue weighted by molar-refractivity contribution is 5.57. The maximum absolute atomic E-state index is 4.64. The van der Waals surface area contributed by atoms with E-state index in [1.807, 2.05) is 7.05 Å². The molecule has 4 heteroatoms. The molecule has 1 aromatic rings. The number of aromatic nitrogens is 2. The highest BCUT2D eigenvalue weighted by Crippen LogP contribution is 2.37. The number of nitrogens with one attached hydrogen (secondary N) is 2. The Hall–Kier alpha value is -1.32. The van der Waals surface area contributed by atoms with Crippen molar-refractivity contribution in [3.05, 3.63) is 11.4 Å². The van der Waals surface area contributed by atoms with Gasteiger partial charge in [0, 0.05) is 25.1 Å². The van der Waals surface area contributed by atoms with Gasteiger partial charge in [-0.25, -0.2) is 9.97 Å². The first-order valence-corrected chi connectivity index (χ1v) is 6.83. The van der Waals surface area contributed by atoms with Crippen LogP contribution in [0.3, 0.4) is 0 Å². The first kappa shape index (κ1) is 13.1. The molecule has 0 radical (unpaired) electrons. The van der Waals surface area contributed by atoms with Gasteiger partial charge >= 0.3 is 0 Å². The molecule has 100 valence electrons. The maximum Gasteiger partial charge on any atom is 0.135 e. The molecule has 0 amide bonds. The highest BCUT2D eigenvalue weighted by atomic mass is 15.1. The van der Waals surface area contributed by atoms with Crippen molar-refractivity contribution in [1.29, 1.82) is 0 Å². The van der Waals surface area contributed by atoms with Crippen molar-refractivity contribution in [3.8, 4) is 0 Å². The number of hydrogen-bond acceptors (Lipinski definition) is 4. The van der Waals surface area contributed by atoms with Gasteiger partial charge in [0.2, 0.25) is 0 Å². The quantitative estimate of drug-likeness (QED) is 0.841. The Labute approximate surface area is 110 Å². The minimum absolute atomic E-state index is 0.345. The molecule has 2 atom stereocenters. The lowest BCUT2D eigenvalue weighted by molar-refractivity contribution is 0.759. The Bertz CT molecular complexity index is 428. The van der Waals surface area contributed by atoms with E-state index >= 15 is 0 Å². The summed E-state index contributed by atoms with van der Waals surface area (Å²) in [5.41, 5.74) is 1.11. The zero-order valence-electron chi connectivity index (χ0n) is 12.0. The molecule has 2 unspecified atom stereocenters. The molecule has 0 saturated heterocycles. The molecule has 1 saturated carbocycles. The summed E-state index contributed by atoms with van der Waals surface area (Å²) in [7, 11) is 1.91. The average molecular weight is 248 g/mol. The molecule has 4 nitrogen and oxygen atoms in total. The predicted molar refractivity (Wildman–Crippen MR) is 76.2 cm³/mol. The van der Waals surface area contributed by atoms with E-state index in [1.165, 1.54) is 6.42 Å². The Balaban J connectivity index is 2.18. The fraction of sp³-hybridized carbons (Fsp3) is 0.714. The lowest BCUT2D eigenvalue weighted by atomic mass is 10.2. The number of anilines is 2. The van der Waals surface area contributed by atoms with E-state index in [2.05, 4.69) is 48.3 Å². The van der Waals surface area contributed by atoms with Crippen LogP contribution in [0.15, 0.2) is 0 Å². The van der Waals surface area contributed by atoms with Gasteiger partial charge in [0.1, 0.15) is 17.5 Å². The van der Waals surface area contributed by atoms with Crippen molar-refractivity contribution in [3.63, 3.8) is 0 Å². The molecule has 0 aliphatic heterocycles. The molecule has 2 rings (SSSR count). The van der Waals surface area contributed by atoms with Gasteiger partial charge < -0.3 is 10.6 Å². The lowest BCUT2D eigenvalue weighted by Gasteiger charge is -2.15. The van der Waals surface area contributed by atoms with E-state index in [-0.39, 0.29) is 0 Å². The summed E-state index contributed by atoms with van der Waals surface area (Å²) in [6.07, 6.45) is 1.34. The summed E-state index contributed by atoms with van der Waals surface area (Å²) in [6.45, 7) is 9.64. The van der Waals surface area contributed by atoms with E-state index in [0.29, 0.717) is 5.92 Å². The number of nitrogens with zero attached hydrogens (tertiary/aromatic N) is 2. The maximum atomic E-state index is 4.64. The standard InChI is InChI=1S/C14H24N4/c1-8(2)12-17-13(15-5)10(4)14(18-12)16-7-11-6-9(11)3/h8-9,11H,6-7H2,1-5H3,(H2,15,16,17,18). The molecule has 2 N–H and O–H groups in total. The van der Waals surface area contributed by atoms with Crippen LogP contribution in [-0.2, 0) is 0 Å². The van der Waals surface area contributed by atoms with Crippen LogP contribution >= 0.6 is 0 Å². The van der Waals surface area contributed by atoms with E-state index in [1.54, 1.807) is 0 Å². The van der Waals surface area contributed by atoms with Gasteiger partial charge in [-0.15, -0.1) is 0 Å². The number of hydrogen-bond donors (Lipinski definition) is 2. The van der Waals surface area contributed by atoms with Crippen molar-refractivity contribution in [2.24, 2.45) is 11.8 Å². The zero-order chi connectivity index (χ0) is 13.3. The molecule has 0 aromatic carbocycles. The van der Waals surface area contributed by atoms with Crippen LogP contribution in [0.25, 0.3) is 0 Å². The van der Waals surface area contributed by atoms with E-state index in [0.717, 1.165) is 41.4 Å². The summed E-state index contributed by atoms with van der Waals surface area (Å²) < 4.78 is 0. The average Bonchev–Trinajstić information content (AvgIpc) is 3.03.